The third-order valence-electron chi connectivity index (χ3n) is 5.70. The largest absolute Gasteiger partial charge is 0.493 e. The minimum atomic E-state index is -0.528. The number of amides is 1. The highest BCUT2D eigenvalue weighted by molar-refractivity contribution is 5.97. The number of halogens is 1. The van der Waals surface area contributed by atoms with Crippen molar-refractivity contribution < 1.29 is 19.0 Å². The second-order valence-electron chi connectivity index (χ2n) is 6.94. The van der Waals surface area contributed by atoms with E-state index in [0.29, 0.717) is 13.1 Å². The summed E-state index contributed by atoms with van der Waals surface area (Å²) in [6.07, 6.45) is 2.82. The molecule has 2 atom stereocenters. The number of aliphatic hydroxyl groups is 1. The Bertz CT molecular complexity index is 624. The summed E-state index contributed by atoms with van der Waals surface area (Å²) < 4.78 is 19.0. The van der Waals surface area contributed by atoms with Gasteiger partial charge in [0, 0.05) is 24.5 Å². The number of ether oxygens (including phenoxy) is 1. The molecule has 132 valence electrons. The van der Waals surface area contributed by atoms with Gasteiger partial charge in [-0.15, -0.1) is 0 Å². The third-order valence-corrected chi connectivity index (χ3v) is 5.70. The zero-order valence-electron chi connectivity index (χ0n) is 14.3. The van der Waals surface area contributed by atoms with E-state index in [1.165, 1.54) is 19.2 Å². The number of likely N-dealkylation sites (tertiary alicyclic amines) is 2. The number of aliphatic hydroxyl groups excluding tert-OH is 1. The molecule has 0 unspecified atom stereocenters. The number of fused-ring (bicyclic) bond motifs is 1. The minimum absolute atomic E-state index is 0.00139. The quantitative estimate of drug-likeness (QED) is 0.914. The SMILES string of the molecule is COc1c(F)cccc1C(=O)N1CC[C@@]2(CO)CCCN(C)[C@@H]2C1. The molecule has 2 heterocycles. The predicted octanol–water partition coefficient (Wildman–Crippen LogP) is 1.75. The molecular weight excluding hydrogens is 311 g/mol. The number of carbonyl (C=O) groups excluding carboxylic acids is 1. The highest BCUT2D eigenvalue weighted by Crippen LogP contribution is 2.42. The highest BCUT2D eigenvalue weighted by atomic mass is 19.1. The van der Waals surface area contributed by atoms with Crippen LogP contribution in [-0.2, 0) is 0 Å². The molecule has 1 N–H and O–H groups in total. The van der Waals surface area contributed by atoms with Gasteiger partial charge < -0.3 is 19.6 Å². The molecule has 6 heteroatoms. The first kappa shape index (κ1) is 17.2. The summed E-state index contributed by atoms with van der Waals surface area (Å²) >= 11 is 0. The molecule has 1 aromatic carbocycles. The molecule has 24 heavy (non-hydrogen) atoms. The smallest absolute Gasteiger partial charge is 0.257 e. The Morgan fingerprint density at radius 3 is 2.92 bits per heavy atom. The minimum Gasteiger partial charge on any atom is -0.493 e. The third kappa shape index (κ3) is 2.78. The summed E-state index contributed by atoms with van der Waals surface area (Å²) in [6.45, 7) is 2.24. The Balaban J connectivity index is 1.84. The van der Waals surface area contributed by atoms with Gasteiger partial charge in [-0.25, -0.2) is 4.39 Å². The molecule has 1 aromatic rings. The van der Waals surface area contributed by atoms with E-state index in [4.69, 9.17) is 4.74 Å². The Labute approximate surface area is 142 Å². The maximum atomic E-state index is 13.9. The summed E-state index contributed by atoms with van der Waals surface area (Å²) in [5.41, 5.74) is 0.128. The van der Waals surface area contributed by atoms with Gasteiger partial charge in [-0.3, -0.25) is 4.79 Å². The Morgan fingerprint density at radius 1 is 1.42 bits per heavy atom. The second kappa shape index (κ2) is 6.69. The van der Waals surface area contributed by atoms with Gasteiger partial charge in [-0.05, 0) is 45.0 Å². The van der Waals surface area contributed by atoms with E-state index in [1.807, 2.05) is 7.05 Å². The van der Waals surface area contributed by atoms with Crippen LogP contribution in [0.2, 0.25) is 0 Å². The zero-order chi connectivity index (χ0) is 17.3. The van der Waals surface area contributed by atoms with Gasteiger partial charge in [0.05, 0.1) is 19.3 Å². The molecule has 5 nitrogen and oxygen atoms in total. The van der Waals surface area contributed by atoms with Crippen LogP contribution in [0.5, 0.6) is 5.75 Å². The Hall–Kier alpha value is -1.66. The lowest BCUT2D eigenvalue weighted by Gasteiger charge is -2.53. The van der Waals surface area contributed by atoms with Crippen molar-refractivity contribution in [3.8, 4) is 5.75 Å². The first-order chi connectivity index (χ1) is 11.5. The number of benzene rings is 1. The number of hydrogen-bond acceptors (Lipinski definition) is 4. The van der Waals surface area contributed by atoms with E-state index < -0.39 is 5.82 Å². The molecule has 0 spiro atoms. The lowest BCUT2D eigenvalue weighted by atomic mass is 9.69. The lowest BCUT2D eigenvalue weighted by Crippen LogP contribution is -2.62. The van der Waals surface area contributed by atoms with E-state index in [1.54, 1.807) is 11.0 Å². The molecule has 0 saturated carbocycles. The van der Waals surface area contributed by atoms with Crippen LogP contribution < -0.4 is 4.74 Å². The topological polar surface area (TPSA) is 53.0 Å². The normalized spacial score (nSPS) is 27.7. The number of rotatable bonds is 3. The zero-order valence-corrected chi connectivity index (χ0v) is 14.3. The van der Waals surface area contributed by atoms with Crippen LogP contribution in [0.15, 0.2) is 18.2 Å². The molecule has 2 fully saturated rings. The van der Waals surface area contributed by atoms with Gasteiger partial charge in [0.25, 0.3) is 5.91 Å². The fourth-order valence-electron chi connectivity index (χ4n) is 4.26. The van der Waals surface area contributed by atoms with Gasteiger partial charge in [0.1, 0.15) is 0 Å². The van der Waals surface area contributed by atoms with Gasteiger partial charge in [-0.2, -0.15) is 0 Å². The molecule has 1 amide bonds. The summed E-state index contributed by atoms with van der Waals surface area (Å²) in [7, 11) is 3.42. The van der Waals surface area contributed by atoms with Crippen molar-refractivity contribution in [2.45, 2.75) is 25.3 Å². The monoisotopic (exact) mass is 336 g/mol. The van der Waals surface area contributed by atoms with Crippen LogP contribution in [0.4, 0.5) is 4.39 Å². The summed E-state index contributed by atoms with van der Waals surface area (Å²) in [6, 6.07) is 4.55. The van der Waals surface area contributed by atoms with Gasteiger partial charge in [0.2, 0.25) is 0 Å². The molecular formula is C18H25FN2O3. The van der Waals surface area contributed by atoms with Gasteiger partial charge in [0.15, 0.2) is 11.6 Å². The van der Waals surface area contributed by atoms with Crippen LogP contribution in [0.1, 0.15) is 29.6 Å². The lowest BCUT2D eigenvalue weighted by molar-refractivity contribution is -0.0601. The summed E-state index contributed by atoms with van der Waals surface area (Å²) in [4.78, 5) is 16.9. The maximum absolute atomic E-state index is 13.9. The van der Waals surface area contributed by atoms with Crippen molar-refractivity contribution in [3.63, 3.8) is 0 Å². The van der Waals surface area contributed by atoms with Crippen molar-refractivity contribution in [3.05, 3.63) is 29.6 Å². The highest BCUT2D eigenvalue weighted by Gasteiger charge is 2.47. The number of methoxy groups -OCH3 is 1. The number of nitrogens with zero attached hydrogens (tertiary/aromatic N) is 2. The number of carbonyl (C=O) groups is 1. The van der Waals surface area contributed by atoms with Crippen LogP contribution in [-0.4, -0.2) is 67.3 Å². The number of likely N-dealkylation sites (N-methyl/N-ethyl adjacent to an activating group) is 1. The van der Waals surface area contributed by atoms with Crippen molar-refractivity contribution in [1.82, 2.24) is 9.80 Å². The fourth-order valence-corrected chi connectivity index (χ4v) is 4.26. The first-order valence-corrected chi connectivity index (χ1v) is 8.45. The predicted molar refractivity (Wildman–Crippen MR) is 88.6 cm³/mol. The van der Waals surface area contributed by atoms with Crippen molar-refractivity contribution in [2.24, 2.45) is 5.41 Å². The molecule has 2 saturated heterocycles. The van der Waals surface area contributed by atoms with Gasteiger partial charge >= 0.3 is 0 Å². The van der Waals surface area contributed by atoms with Gasteiger partial charge in [-0.1, -0.05) is 6.07 Å². The van der Waals surface area contributed by atoms with E-state index >= 15 is 0 Å². The molecule has 0 radical (unpaired) electrons. The fraction of sp³-hybridized carbons (Fsp3) is 0.611. The summed E-state index contributed by atoms with van der Waals surface area (Å²) in [5, 5.41) is 9.96. The van der Waals surface area contributed by atoms with Crippen molar-refractivity contribution >= 4 is 5.91 Å². The van der Waals surface area contributed by atoms with Crippen molar-refractivity contribution in [2.75, 3.05) is 40.4 Å². The number of hydrogen-bond donors (Lipinski definition) is 1. The van der Waals surface area contributed by atoms with E-state index in [9.17, 15) is 14.3 Å². The van der Waals surface area contributed by atoms with Crippen LogP contribution >= 0.6 is 0 Å². The Kier molecular flexibility index (Phi) is 4.78. The molecule has 0 bridgehead atoms. The van der Waals surface area contributed by atoms with E-state index in [0.717, 1.165) is 25.8 Å². The Morgan fingerprint density at radius 2 is 2.21 bits per heavy atom. The van der Waals surface area contributed by atoms with E-state index in [2.05, 4.69) is 4.90 Å². The van der Waals surface area contributed by atoms with Crippen LogP contribution in [0.25, 0.3) is 0 Å². The second-order valence-corrected chi connectivity index (χ2v) is 6.94. The van der Waals surface area contributed by atoms with Crippen LogP contribution in [0, 0.1) is 11.2 Å². The number of para-hydroxylation sites is 1. The summed E-state index contributed by atoms with van der Waals surface area (Å²) in [5.74, 6) is -0.741. The molecule has 2 aliphatic rings. The molecule has 0 aliphatic carbocycles. The molecule has 0 aromatic heterocycles. The average molecular weight is 336 g/mol. The average Bonchev–Trinajstić information content (AvgIpc) is 2.61. The standard InChI is InChI=1S/C18H25FN2O3/c1-20-9-4-7-18(12-22)8-10-21(11-15(18)20)17(23)13-5-3-6-14(19)16(13)24-2/h3,5-6,15,22H,4,7-12H2,1-2H3/t15-,18-/m1/s1. The van der Waals surface area contributed by atoms with Crippen molar-refractivity contribution in [1.29, 1.82) is 0 Å². The molecule has 2 aliphatic heterocycles. The first-order valence-electron chi connectivity index (χ1n) is 8.45. The van der Waals surface area contributed by atoms with Crippen LogP contribution in [0.3, 0.4) is 0 Å². The number of piperidine rings is 2. The van der Waals surface area contributed by atoms with E-state index in [-0.39, 0.29) is 35.3 Å². The molecule has 3 rings (SSSR count). The maximum Gasteiger partial charge on any atom is 0.257 e.